The van der Waals surface area contributed by atoms with Crippen LogP contribution < -0.4 is 15.0 Å². The van der Waals surface area contributed by atoms with E-state index in [0.717, 1.165) is 12.8 Å². The summed E-state index contributed by atoms with van der Waals surface area (Å²) < 4.78 is 44.9. The number of carbonyl (C=O) groups is 2. The molecule has 1 aliphatic heterocycles. The first-order valence-electron chi connectivity index (χ1n) is 10.7. The predicted molar refractivity (Wildman–Crippen MR) is 118 cm³/mol. The van der Waals surface area contributed by atoms with Gasteiger partial charge < -0.3 is 4.74 Å². The molecular formula is C22H25FN4O5S. The van der Waals surface area contributed by atoms with Crippen molar-refractivity contribution < 1.29 is 27.1 Å². The Kier molecular flexibility index (Phi) is 6.59. The molecule has 33 heavy (non-hydrogen) atoms. The number of carbonyl (C=O) groups excluding carboxylic acids is 2. The Morgan fingerprint density at radius 1 is 1.24 bits per heavy atom. The quantitative estimate of drug-likeness (QED) is 0.522. The normalized spacial score (nSPS) is 17.2. The monoisotopic (exact) mass is 476 g/mol. The van der Waals surface area contributed by atoms with E-state index in [1.54, 1.807) is 19.1 Å². The van der Waals surface area contributed by atoms with Crippen LogP contribution in [0.5, 0.6) is 5.75 Å². The second-order valence-corrected chi connectivity index (χ2v) is 10.7. The summed E-state index contributed by atoms with van der Waals surface area (Å²) >= 11 is 0. The minimum absolute atomic E-state index is 0.102. The number of nitrogens with one attached hydrogen (secondary N) is 1. The van der Waals surface area contributed by atoms with E-state index < -0.39 is 27.6 Å². The van der Waals surface area contributed by atoms with Gasteiger partial charge in [-0.25, -0.2) is 27.6 Å². The van der Waals surface area contributed by atoms with Crippen LogP contribution in [0.4, 0.5) is 14.9 Å². The molecule has 1 aromatic carbocycles. The molecule has 1 saturated carbocycles. The molecule has 1 aromatic heterocycles. The molecule has 0 bridgehead atoms. The number of nitrogens with zero attached hydrogens (tertiary/aromatic N) is 3. The Labute approximate surface area is 191 Å². The topological polar surface area (TPSA) is 119 Å². The Bertz CT molecular complexity index is 1150. The Hall–Kier alpha value is -3.08. The van der Waals surface area contributed by atoms with E-state index in [-0.39, 0.29) is 36.1 Å². The van der Waals surface area contributed by atoms with Crippen LogP contribution in [0.25, 0.3) is 0 Å². The number of aryl methyl sites for hydroxylation is 1. The number of amides is 3. The van der Waals surface area contributed by atoms with E-state index in [1.165, 1.54) is 23.4 Å². The molecule has 2 fully saturated rings. The van der Waals surface area contributed by atoms with Gasteiger partial charge in [-0.2, -0.15) is 0 Å². The van der Waals surface area contributed by atoms with Gasteiger partial charge in [-0.1, -0.05) is 13.0 Å². The lowest BCUT2D eigenvalue weighted by Crippen LogP contribution is -2.28. The first-order valence-corrected chi connectivity index (χ1v) is 12.6. The second-order valence-electron chi connectivity index (χ2n) is 8.51. The fourth-order valence-electron chi connectivity index (χ4n) is 3.50. The van der Waals surface area contributed by atoms with Crippen LogP contribution >= 0.6 is 0 Å². The molecule has 0 unspecified atom stereocenters. The third-order valence-corrected chi connectivity index (χ3v) is 7.47. The van der Waals surface area contributed by atoms with Crippen LogP contribution in [0.3, 0.4) is 0 Å². The fraction of sp³-hybridized carbons (Fsp3) is 0.455. The number of benzene rings is 1. The largest absolute Gasteiger partial charge is 0.490 e. The van der Waals surface area contributed by atoms with E-state index >= 15 is 0 Å². The zero-order chi connectivity index (χ0) is 23.6. The number of rotatable bonds is 10. The molecule has 1 saturated heterocycles. The summed E-state index contributed by atoms with van der Waals surface area (Å²) in [5.74, 6) is -0.493. The van der Waals surface area contributed by atoms with E-state index in [2.05, 4.69) is 15.3 Å². The van der Waals surface area contributed by atoms with Gasteiger partial charge in [0.1, 0.15) is 12.4 Å². The molecule has 2 aromatic rings. The van der Waals surface area contributed by atoms with Crippen LogP contribution in [0, 0.1) is 11.7 Å². The molecule has 1 aliphatic carbocycles. The first kappa shape index (κ1) is 23.1. The molecule has 1 atom stereocenters. The average Bonchev–Trinajstić information content (AvgIpc) is 3.54. The highest BCUT2D eigenvalue weighted by atomic mass is 32.2. The number of urea groups is 1. The molecule has 1 N–H and O–H groups in total. The van der Waals surface area contributed by atoms with Crippen molar-refractivity contribution in [3.05, 3.63) is 47.8 Å². The molecule has 2 aliphatic rings. The maximum absolute atomic E-state index is 14.0. The van der Waals surface area contributed by atoms with Crippen molar-refractivity contribution in [3.63, 3.8) is 0 Å². The molecular weight excluding hydrogens is 451 g/mol. The number of hydrogen-bond acceptors (Lipinski definition) is 7. The lowest BCUT2D eigenvalue weighted by molar-refractivity contribution is -0.117. The minimum Gasteiger partial charge on any atom is -0.490 e. The first-order chi connectivity index (χ1) is 15.7. The maximum atomic E-state index is 14.0. The number of hydrogen-bond donors (Lipinski definition) is 1. The van der Waals surface area contributed by atoms with Gasteiger partial charge in [-0.05, 0) is 42.4 Å². The predicted octanol–water partition coefficient (Wildman–Crippen LogP) is 2.22. The summed E-state index contributed by atoms with van der Waals surface area (Å²) in [6.45, 7) is 2.15. The highest BCUT2D eigenvalue weighted by Gasteiger charge is 2.28. The fourth-order valence-corrected chi connectivity index (χ4v) is 5.12. The SMILES string of the molecule is C[C@@H](CS(=O)(=O)CCc1ncc(N2CC(=O)NC2=O)cn1)c1ccc(F)c(OCC2CC2)c1. The van der Waals surface area contributed by atoms with Crippen LogP contribution in [0.15, 0.2) is 30.6 Å². The van der Waals surface area contributed by atoms with Crippen molar-refractivity contribution >= 4 is 27.5 Å². The van der Waals surface area contributed by atoms with Crippen molar-refractivity contribution in [2.45, 2.75) is 32.1 Å². The Balaban J connectivity index is 1.33. The number of ether oxygens (including phenoxy) is 1. The van der Waals surface area contributed by atoms with Crippen molar-refractivity contribution in [3.8, 4) is 5.75 Å². The highest BCUT2D eigenvalue weighted by molar-refractivity contribution is 7.91. The molecule has 11 heteroatoms. The summed E-state index contributed by atoms with van der Waals surface area (Å²) in [4.78, 5) is 32.4. The molecule has 4 rings (SSSR count). The van der Waals surface area contributed by atoms with E-state index in [0.29, 0.717) is 29.6 Å². The van der Waals surface area contributed by atoms with Crippen molar-refractivity contribution in [2.75, 3.05) is 29.6 Å². The van der Waals surface area contributed by atoms with Gasteiger partial charge >= 0.3 is 6.03 Å². The summed E-state index contributed by atoms with van der Waals surface area (Å²) in [5.41, 5.74) is 1.06. The van der Waals surface area contributed by atoms with Gasteiger partial charge in [0.25, 0.3) is 0 Å². The van der Waals surface area contributed by atoms with Crippen LogP contribution in [-0.4, -0.2) is 55.0 Å². The van der Waals surface area contributed by atoms with Crippen molar-refractivity contribution in [1.29, 1.82) is 0 Å². The van der Waals surface area contributed by atoms with E-state index in [4.69, 9.17) is 4.74 Å². The number of aromatic nitrogens is 2. The van der Waals surface area contributed by atoms with Crippen molar-refractivity contribution in [1.82, 2.24) is 15.3 Å². The summed E-state index contributed by atoms with van der Waals surface area (Å²) in [7, 11) is -3.44. The average molecular weight is 477 g/mol. The van der Waals surface area contributed by atoms with Crippen molar-refractivity contribution in [2.24, 2.45) is 5.92 Å². The highest BCUT2D eigenvalue weighted by Crippen LogP contribution is 2.31. The second kappa shape index (κ2) is 9.42. The third kappa shape index (κ3) is 6.04. The summed E-state index contributed by atoms with van der Waals surface area (Å²) in [6.07, 6.45) is 5.07. The Morgan fingerprint density at radius 2 is 1.97 bits per heavy atom. The standard InChI is InChI=1S/C22H25FN4O5S/c1-14(16-4-5-18(23)19(8-16)32-12-15-2-3-15)13-33(30,31)7-6-20-24-9-17(10-25-20)27-11-21(28)26-22(27)29/h4-5,8-10,14-15H,2-3,6-7,11-13H2,1H3,(H,26,28,29)/t14-/m0/s1. The lowest BCUT2D eigenvalue weighted by atomic mass is 10.0. The molecule has 0 spiro atoms. The molecule has 0 radical (unpaired) electrons. The minimum atomic E-state index is -3.44. The van der Waals surface area contributed by atoms with Crippen LogP contribution in [0.1, 0.15) is 37.1 Å². The number of anilines is 1. The molecule has 176 valence electrons. The van der Waals surface area contributed by atoms with Gasteiger partial charge in [-0.3, -0.25) is 15.0 Å². The van der Waals surface area contributed by atoms with E-state index in [9.17, 15) is 22.4 Å². The molecule has 3 amide bonds. The zero-order valence-corrected chi connectivity index (χ0v) is 19.0. The van der Waals surface area contributed by atoms with Gasteiger partial charge in [0, 0.05) is 6.42 Å². The zero-order valence-electron chi connectivity index (χ0n) is 18.2. The Morgan fingerprint density at radius 3 is 2.61 bits per heavy atom. The van der Waals surface area contributed by atoms with Gasteiger partial charge in [0.2, 0.25) is 5.91 Å². The molecule has 9 nitrogen and oxygen atoms in total. The third-order valence-electron chi connectivity index (χ3n) is 5.63. The number of imide groups is 1. The lowest BCUT2D eigenvalue weighted by Gasteiger charge is -2.15. The number of sulfone groups is 1. The summed E-state index contributed by atoms with van der Waals surface area (Å²) in [6, 6.07) is 3.93. The van der Waals surface area contributed by atoms with Crippen LogP contribution in [-0.2, 0) is 21.1 Å². The number of halogens is 1. The molecule has 2 heterocycles. The van der Waals surface area contributed by atoms with E-state index in [1.807, 2.05) is 0 Å². The van der Waals surface area contributed by atoms with Gasteiger partial charge in [0.05, 0.1) is 36.2 Å². The smallest absolute Gasteiger partial charge is 0.329 e. The summed E-state index contributed by atoms with van der Waals surface area (Å²) in [5, 5.41) is 2.16. The maximum Gasteiger partial charge on any atom is 0.329 e. The van der Waals surface area contributed by atoms with Crippen LogP contribution in [0.2, 0.25) is 0 Å². The van der Waals surface area contributed by atoms with Gasteiger partial charge in [0.15, 0.2) is 21.4 Å². The van der Waals surface area contributed by atoms with Gasteiger partial charge in [-0.15, -0.1) is 0 Å².